The van der Waals surface area contributed by atoms with E-state index in [-0.39, 0.29) is 5.91 Å². The molecule has 2 aromatic rings. The molecule has 0 atom stereocenters. The highest BCUT2D eigenvalue weighted by Gasteiger charge is 2.22. The maximum absolute atomic E-state index is 12.7. The number of carbonyl (C=O) groups is 1. The molecule has 0 unspecified atom stereocenters. The number of amides is 1. The normalized spacial score (nSPS) is 15.0. The number of nitrogens with one attached hydrogen (secondary N) is 1. The van der Waals surface area contributed by atoms with Crippen LogP contribution in [0.25, 0.3) is 0 Å². The van der Waals surface area contributed by atoms with E-state index in [2.05, 4.69) is 10.2 Å². The molecule has 0 saturated carbocycles. The Morgan fingerprint density at radius 1 is 1.27 bits per heavy atom. The largest absolute Gasteiger partial charge is 0.497 e. The third-order valence-electron chi connectivity index (χ3n) is 4.39. The Morgan fingerprint density at radius 2 is 2.04 bits per heavy atom. The predicted molar refractivity (Wildman–Crippen MR) is 104 cm³/mol. The van der Waals surface area contributed by atoms with E-state index < -0.39 is 0 Å². The maximum Gasteiger partial charge on any atom is 0.254 e. The number of carbonyl (C=O) groups excluding carboxylic acids is 1. The first-order chi connectivity index (χ1) is 12.5. The lowest BCUT2D eigenvalue weighted by Crippen LogP contribution is -2.37. The van der Waals surface area contributed by atoms with Gasteiger partial charge in [-0.05, 0) is 29.8 Å². The van der Waals surface area contributed by atoms with Crippen LogP contribution in [0.4, 0.5) is 5.69 Å². The van der Waals surface area contributed by atoms with Crippen molar-refractivity contribution in [2.24, 2.45) is 5.73 Å². The van der Waals surface area contributed by atoms with Gasteiger partial charge in [-0.2, -0.15) is 0 Å². The van der Waals surface area contributed by atoms with Crippen molar-refractivity contribution >= 4 is 23.2 Å². The van der Waals surface area contributed by atoms with Crippen molar-refractivity contribution in [3.63, 3.8) is 0 Å². The average Bonchev–Trinajstić information content (AvgIpc) is 2.65. The summed E-state index contributed by atoms with van der Waals surface area (Å²) in [6.45, 7) is 2.09. The summed E-state index contributed by atoms with van der Waals surface area (Å²) in [5, 5.41) is 3.63. The van der Waals surface area contributed by atoms with Crippen LogP contribution in [0.2, 0.25) is 5.02 Å². The van der Waals surface area contributed by atoms with Crippen LogP contribution in [-0.4, -0.2) is 31.0 Å². The van der Waals surface area contributed by atoms with Gasteiger partial charge < -0.3 is 15.8 Å². The smallest absolute Gasteiger partial charge is 0.254 e. The van der Waals surface area contributed by atoms with E-state index in [1.54, 1.807) is 13.2 Å². The van der Waals surface area contributed by atoms with Crippen molar-refractivity contribution < 1.29 is 9.53 Å². The molecule has 136 valence electrons. The number of halogens is 1. The van der Waals surface area contributed by atoms with Crippen molar-refractivity contribution in [2.75, 3.05) is 25.5 Å². The van der Waals surface area contributed by atoms with Crippen LogP contribution in [-0.2, 0) is 11.3 Å². The maximum atomic E-state index is 12.7. The van der Waals surface area contributed by atoms with Crippen molar-refractivity contribution in [3.8, 4) is 5.75 Å². The fourth-order valence-electron chi connectivity index (χ4n) is 2.94. The van der Waals surface area contributed by atoms with Gasteiger partial charge in [0.2, 0.25) is 0 Å². The molecule has 1 heterocycles. The highest BCUT2D eigenvalue weighted by Crippen LogP contribution is 2.21. The van der Waals surface area contributed by atoms with Crippen molar-refractivity contribution in [1.82, 2.24) is 4.90 Å². The summed E-state index contributed by atoms with van der Waals surface area (Å²) < 4.78 is 5.19. The molecular formula is C20H22ClN3O2. The molecule has 6 heteroatoms. The highest BCUT2D eigenvalue weighted by atomic mass is 35.5. The van der Waals surface area contributed by atoms with Crippen LogP contribution in [0.3, 0.4) is 0 Å². The van der Waals surface area contributed by atoms with Gasteiger partial charge in [-0.25, -0.2) is 0 Å². The summed E-state index contributed by atoms with van der Waals surface area (Å²) in [6, 6.07) is 15.0. The third kappa shape index (κ3) is 4.56. The van der Waals surface area contributed by atoms with Gasteiger partial charge in [0, 0.05) is 48.5 Å². The topological polar surface area (TPSA) is 67.6 Å². The second kappa shape index (κ2) is 8.25. The molecule has 0 fully saturated rings. The standard InChI is InChI=1S/C20H22ClN3O2/c1-26-17-4-2-3-16(11-17)23-20(25)18-13-24(10-9-19(18)22)12-14-5-7-15(21)8-6-14/h2-8,11H,9-10,12-13,22H2,1H3,(H,23,25). The van der Waals surface area contributed by atoms with E-state index in [0.717, 1.165) is 23.7 Å². The summed E-state index contributed by atoms with van der Waals surface area (Å²) in [6.07, 6.45) is 0.675. The first-order valence-electron chi connectivity index (χ1n) is 8.45. The zero-order valence-corrected chi connectivity index (χ0v) is 15.4. The molecule has 0 aromatic heterocycles. The SMILES string of the molecule is COc1cccc(NC(=O)C2=C(N)CCN(Cc3ccc(Cl)cc3)C2)c1. The number of nitrogens with two attached hydrogens (primary N) is 1. The molecule has 1 aliphatic rings. The molecule has 0 saturated heterocycles. The average molecular weight is 372 g/mol. The minimum atomic E-state index is -0.170. The number of hydrogen-bond donors (Lipinski definition) is 2. The van der Waals surface area contributed by atoms with E-state index in [4.69, 9.17) is 22.1 Å². The van der Waals surface area contributed by atoms with Gasteiger partial charge in [-0.1, -0.05) is 29.8 Å². The Bertz CT molecular complexity index is 818. The fraction of sp³-hybridized carbons (Fsp3) is 0.250. The molecule has 5 nitrogen and oxygen atoms in total. The molecule has 0 bridgehead atoms. The molecule has 1 aliphatic heterocycles. The summed E-state index contributed by atoms with van der Waals surface area (Å²) in [5.41, 5.74) is 9.22. The van der Waals surface area contributed by atoms with Crippen LogP contribution >= 0.6 is 11.6 Å². The highest BCUT2D eigenvalue weighted by molar-refractivity contribution is 6.30. The fourth-order valence-corrected chi connectivity index (χ4v) is 3.07. The third-order valence-corrected chi connectivity index (χ3v) is 4.64. The number of methoxy groups -OCH3 is 1. The second-order valence-corrected chi connectivity index (χ2v) is 6.71. The number of rotatable bonds is 5. The number of anilines is 1. The number of hydrogen-bond acceptors (Lipinski definition) is 4. The van der Waals surface area contributed by atoms with E-state index >= 15 is 0 Å². The first kappa shape index (κ1) is 18.3. The van der Waals surface area contributed by atoms with Gasteiger partial charge in [0.05, 0.1) is 12.7 Å². The second-order valence-electron chi connectivity index (χ2n) is 6.28. The van der Waals surface area contributed by atoms with Crippen LogP contribution in [0.15, 0.2) is 59.8 Å². The Kier molecular flexibility index (Phi) is 5.81. The van der Waals surface area contributed by atoms with E-state index in [0.29, 0.717) is 35.7 Å². The lowest BCUT2D eigenvalue weighted by atomic mass is 10.0. The summed E-state index contributed by atoms with van der Waals surface area (Å²) in [4.78, 5) is 14.9. The molecule has 1 amide bonds. The van der Waals surface area contributed by atoms with Crippen LogP contribution in [0.5, 0.6) is 5.75 Å². The van der Waals surface area contributed by atoms with Gasteiger partial charge in [0.15, 0.2) is 0 Å². The van der Waals surface area contributed by atoms with E-state index in [9.17, 15) is 4.79 Å². The van der Waals surface area contributed by atoms with Gasteiger partial charge in [-0.15, -0.1) is 0 Å². The Hall–Kier alpha value is -2.50. The molecule has 0 radical (unpaired) electrons. The molecule has 0 aliphatic carbocycles. The molecule has 3 rings (SSSR count). The minimum Gasteiger partial charge on any atom is -0.497 e. The van der Waals surface area contributed by atoms with Gasteiger partial charge in [-0.3, -0.25) is 9.69 Å². The van der Waals surface area contributed by atoms with Crippen LogP contribution in [0.1, 0.15) is 12.0 Å². The number of ether oxygens (including phenoxy) is 1. The van der Waals surface area contributed by atoms with E-state index in [1.165, 1.54) is 0 Å². The number of benzene rings is 2. The number of nitrogens with zero attached hydrogens (tertiary/aromatic N) is 1. The van der Waals surface area contributed by atoms with Crippen molar-refractivity contribution in [3.05, 3.63) is 70.4 Å². The zero-order valence-electron chi connectivity index (χ0n) is 14.7. The minimum absolute atomic E-state index is 0.170. The molecule has 3 N–H and O–H groups in total. The Labute approximate surface area is 158 Å². The molecule has 26 heavy (non-hydrogen) atoms. The van der Waals surface area contributed by atoms with Gasteiger partial charge in [0.1, 0.15) is 5.75 Å². The Balaban J connectivity index is 1.67. The van der Waals surface area contributed by atoms with Crippen LogP contribution < -0.4 is 15.8 Å². The van der Waals surface area contributed by atoms with Gasteiger partial charge >= 0.3 is 0 Å². The Morgan fingerprint density at radius 3 is 2.77 bits per heavy atom. The van der Waals surface area contributed by atoms with Crippen molar-refractivity contribution in [1.29, 1.82) is 0 Å². The zero-order chi connectivity index (χ0) is 18.5. The lowest BCUT2D eigenvalue weighted by Gasteiger charge is -2.29. The molecule has 2 aromatic carbocycles. The summed E-state index contributed by atoms with van der Waals surface area (Å²) in [5.74, 6) is 0.523. The molecule has 0 spiro atoms. The predicted octanol–water partition coefficient (Wildman–Crippen LogP) is 3.41. The monoisotopic (exact) mass is 371 g/mol. The summed E-state index contributed by atoms with van der Waals surface area (Å²) in [7, 11) is 1.59. The quantitative estimate of drug-likeness (QED) is 0.845. The van der Waals surface area contributed by atoms with Gasteiger partial charge in [0.25, 0.3) is 5.91 Å². The van der Waals surface area contributed by atoms with Crippen molar-refractivity contribution in [2.45, 2.75) is 13.0 Å². The van der Waals surface area contributed by atoms with Crippen LogP contribution in [0, 0.1) is 0 Å². The molecular weight excluding hydrogens is 350 g/mol. The first-order valence-corrected chi connectivity index (χ1v) is 8.82. The lowest BCUT2D eigenvalue weighted by molar-refractivity contribution is -0.113. The van der Waals surface area contributed by atoms with E-state index in [1.807, 2.05) is 42.5 Å². The summed E-state index contributed by atoms with van der Waals surface area (Å²) >= 11 is 5.94.